The molecule has 0 spiro atoms. The number of hydrogen-bond donors (Lipinski definition) is 1. The molecule has 2 aromatic rings. The lowest BCUT2D eigenvalue weighted by molar-refractivity contribution is -0.124. The molecule has 1 aliphatic heterocycles. The summed E-state index contributed by atoms with van der Waals surface area (Å²) in [5.41, 5.74) is 4.39. The van der Waals surface area contributed by atoms with Crippen LogP contribution in [0, 0.1) is 13.8 Å². The fourth-order valence-electron chi connectivity index (χ4n) is 3.38. The zero-order valence-electron chi connectivity index (χ0n) is 15.9. The highest BCUT2D eigenvalue weighted by Gasteiger charge is 2.19. The van der Waals surface area contributed by atoms with Gasteiger partial charge in [-0.2, -0.15) is 5.10 Å². The molecule has 26 heavy (non-hydrogen) atoms. The van der Waals surface area contributed by atoms with Crippen LogP contribution in [0.5, 0.6) is 0 Å². The molecule has 1 aliphatic rings. The third-order valence-corrected chi connectivity index (χ3v) is 4.86. The third kappa shape index (κ3) is 4.71. The van der Waals surface area contributed by atoms with Gasteiger partial charge in [-0.3, -0.25) is 14.4 Å². The van der Waals surface area contributed by atoms with Crippen molar-refractivity contribution >= 4 is 5.91 Å². The van der Waals surface area contributed by atoms with Crippen molar-refractivity contribution in [1.82, 2.24) is 20.0 Å². The summed E-state index contributed by atoms with van der Waals surface area (Å²) < 4.78 is 7.53. The van der Waals surface area contributed by atoms with Gasteiger partial charge < -0.3 is 10.1 Å². The Morgan fingerprint density at radius 1 is 1.31 bits per heavy atom. The van der Waals surface area contributed by atoms with Crippen LogP contribution < -0.4 is 5.32 Å². The number of amides is 1. The molecule has 0 bridgehead atoms. The minimum Gasteiger partial charge on any atom is -0.376 e. The van der Waals surface area contributed by atoms with Gasteiger partial charge in [0.05, 0.1) is 31.5 Å². The quantitative estimate of drug-likeness (QED) is 0.859. The van der Waals surface area contributed by atoms with Crippen molar-refractivity contribution in [3.05, 3.63) is 52.8 Å². The smallest absolute Gasteiger partial charge is 0.234 e. The van der Waals surface area contributed by atoms with Gasteiger partial charge in [0.2, 0.25) is 5.91 Å². The molecule has 1 N–H and O–H groups in total. The van der Waals surface area contributed by atoms with Gasteiger partial charge in [-0.15, -0.1) is 0 Å². The first-order valence-corrected chi connectivity index (χ1v) is 9.20. The molecular formula is C20H28N4O2. The summed E-state index contributed by atoms with van der Waals surface area (Å²) in [7, 11) is 0. The monoisotopic (exact) mass is 356 g/mol. The Morgan fingerprint density at radius 3 is 2.81 bits per heavy atom. The number of nitrogens with zero attached hydrogens (tertiary/aromatic N) is 3. The van der Waals surface area contributed by atoms with E-state index in [2.05, 4.69) is 34.4 Å². The molecule has 6 heteroatoms. The highest BCUT2D eigenvalue weighted by atomic mass is 16.5. The van der Waals surface area contributed by atoms with E-state index in [9.17, 15) is 4.79 Å². The average Bonchev–Trinajstić information content (AvgIpc) is 2.87. The zero-order chi connectivity index (χ0) is 18.5. The van der Waals surface area contributed by atoms with Gasteiger partial charge in [0.15, 0.2) is 0 Å². The summed E-state index contributed by atoms with van der Waals surface area (Å²) in [4.78, 5) is 14.4. The van der Waals surface area contributed by atoms with Crippen LogP contribution in [0.25, 0.3) is 0 Å². The summed E-state index contributed by atoms with van der Waals surface area (Å²) in [6.45, 7) is 10.1. The Balaban J connectivity index is 1.57. The van der Waals surface area contributed by atoms with Crippen molar-refractivity contribution in [2.45, 2.75) is 40.0 Å². The first-order valence-electron chi connectivity index (χ1n) is 9.20. The fourth-order valence-corrected chi connectivity index (χ4v) is 3.38. The molecule has 0 radical (unpaired) electrons. The molecule has 1 unspecified atom stereocenters. The molecule has 0 saturated carbocycles. The Kier molecular flexibility index (Phi) is 6.06. The normalized spacial score (nSPS) is 18.0. The van der Waals surface area contributed by atoms with Gasteiger partial charge in [-0.05, 0) is 26.3 Å². The molecule has 6 nitrogen and oxygen atoms in total. The first kappa shape index (κ1) is 18.6. The SMILES string of the molecule is Cc1nn(Cc2ccccc2)c(C)c1CNC(=O)CN1CCOC(C)C1. The van der Waals surface area contributed by atoms with E-state index in [4.69, 9.17) is 4.74 Å². The van der Waals surface area contributed by atoms with Gasteiger partial charge >= 0.3 is 0 Å². The van der Waals surface area contributed by atoms with E-state index >= 15 is 0 Å². The maximum absolute atomic E-state index is 12.3. The van der Waals surface area contributed by atoms with Crippen LogP contribution in [-0.2, 0) is 22.6 Å². The Labute approximate surface area is 155 Å². The van der Waals surface area contributed by atoms with E-state index in [-0.39, 0.29) is 12.0 Å². The van der Waals surface area contributed by atoms with Crippen molar-refractivity contribution in [2.75, 3.05) is 26.2 Å². The topological polar surface area (TPSA) is 59.4 Å². The first-order chi connectivity index (χ1) is 12.5. The fraction of sp³-hybridized carbons (Fsp3) is 0.500. The van der Waals surface area contributed by atoms with E-state index in [1.165, 1.54) is 5.56 Å². The van der Waals surface area contributed by atoms with Crippen LogP contribution in [0.2, 0.25) is 0 Å². The minimum absolute atomic E-state index is 0.0497. The number of aromatic nitrogens is 2. The van der Waals surface area contributed by atoms with E-state index in [0.717, 1.165) is 36.6 Å². The predicted octanol–water partition coefficient (Wildman–Crippen LogP) is 1.89. The number of carbonyl (C=O) groups excluding carboxylic acids is 1. The number of ether oxygens (including phenoxy) is 1. The molecule has 2 heterocycles. The summed E-state index contributed by atoms with van der Waals surface area (Å²) in [5, 5.41) is 7.69. The molecular weight excluding hydrogens is 328 g/mol. The van der Waals surface area contributed by atoms with Crippen LogP contribution >= 0.6 is 0 Å². The van der Waals surface area contributed by atoms with Crippen LogP contribution in [0.4, 0.5) is 0 Å². The summed E-state index contributed by atoms with van der Waals surface area (Å²) in [6, 6.07) is 10.3. The largest absolute Gasteiger partial charge is 0.376 e. The van der Waals surface area contributed by atoms with E-state index in [0.29, 0.717) is 19.7 Å². The third-order valence-electron chi connectivity index (χ3n) is 4.86. The van der Waals surface area contributed by atoms with Gasteiger partial charge in [-0.1, -0.05) is 30.3 Å². The van der Waals surface area contributed by atoms with Crippen LogP contribution in [0.15, 0.2) is 30.3 Å². The second kappa shape index (κ2) is 8.47. The van der Waals surface area contributed by atoms with Crippen LogP contribution in [0.1, 0.15) is 29.4 Å². The van der Waals surface area contributed by atoms with Gasteiger partial charge in [0.1, 0.15) is 0 Å². The Hall–Kier alpha value is -2.18. The Bertz CT molecular complexity index is 742. The van der Waals surface area contributed by atoms with Crippen LogP contribution in [0.3, 0.4) is 0 Å². The highest BCUT2D eigenvalue weighted by Crippen LogP contribution is 2.14. The standard InChI is InChI=1S/C20H28N4O2/c1-15-12-23(9-10-26-15)14-20(25)21-11-19-16(2)22-24(17(19)3)13-18-7-5-4-6-8-18/h4-8,15H,9-14H2,1-3H3,(H,21,25). The van der Waals surface area contributed by atoms with Crippen molar-refractivity contribution in [1.29, 1.82) is 0 Å². The molecule has 1 amide bonds. The molecule has 1 aromatic heterocycles. The molecule has 1 fully saturated rings. The van der Waals surface area contributed by atoms with Crippen molar-refractivity contribution in [3.63, 3.8) is 0 Å². The summed E-state index contributed by atoms with van der Waals surface area (Å²) in [6.07, 6.45) is 0.192. The van der Waals surface area contributed by atoms with Gasteiger partial charge in [0.25, 0.3) is 0 Å². The Morgan fingerprint density at radius 2 is 2.08 bits per heavy atom. The molecule has 1 saturated heterocycles. The highest BCUT2D eigenvalue weighted by molar-refractivity contribution is 5.78. The lowest BCUT2D eigenvalue weighted by Crippen LogP contribution is -2.45. The lowest BCUT2D eigenvalue weighted by Gasteiger charge is -2.30. The maximum atomic E-state index is 12.3. The number of carbonyl (C=O) groups is 1. The van der Waals surface area contributed by atoms with E-state index < -0.39 is 0 Å². The molecule has 0 aliphatic carbocycles. The van der Waals surface area contributed by atoms with Gasteiger partial charge in [-0.25, -0.2) is 0 Å². The van der Waals surface area contributed by atoms with E-state index in [1.54, 1.807) is 0 Å². The number of benzene rings is 1. The second-order valence-electron chi connectivity index (χ2n) is 6.99. The van der Waals surface area contributed by atoms with Crippen molar-refractivity contribution < 1.29 is 9.53 Å². The van der Waals surface area contributed by atoms with Gasteiger partial charge in [0, 0.05) is 30.9 Å². The number of aryl methyl sites for hydroxylation is 1. The number of hydrogen-bond acceptors (Lipinski definition) is 4. The predicted molar refractivity (Wildman–Crippen MR) is 101 cm³/mol. The number of morpholine rings is 1. The lowest BCUT2D eigenvalue weighted by atomic mass is 10.2. The molecule has 140 valence electrons. The zero-order valence-corrected chi connectivity index (χ0v) is 15.9. The molecule has 1 atom stereocenters. The average molecular weight is 356 g/mol. The van der Waals surface area contributed by atoms with E-state index in [1.807, 2.05) is 36.7 Å². The maximum Gasteiger partial charge on any atom is 0.234 e. The summed E-state index contributed by atoms with van der Waals surface area (Å²) in [5.74, 6) is 0.0497. The molecule has 3 rings (SSSR count). The van der Waals surface area contributed by atoms with Crippen LogP contribution in [-0.4, -0.2) is 52.9 Å². The minimum atomic E-state index is 0.0497. The van der Waals surface area contributed by atoms with Crippen molar-refractivity contribution in [2.24, 2.45) is 0 Å². The number of nitrogens with one attached hydrogen (secondary N) is 1. The molecule has 1 aromatic carbocycles. The van der Waals surface area contributed by atoms with Crippen molar-refractivity contribution in [3.8, 4) is 0 Å². The summed E-state index contributed by atoms with van der Waals surface area (Å²) >= 11 is 0. The number of rotatable bonds is 6. The second-order valence-corrected chi connectivity index (χ2v) is 6.99.